The molecule has 25 heavy (non-hydrogen) atoms. The number of nitrogens with one attached hydrogen (secondary N) is 1. The minimum absolute atomic E-state index is 0.0478. The molecule has 1 aromatic heterocycles. The summed E-state index contributed by atoms with van der Waals surface area (Å²) < 4.78 is 15.6. The smallest absolute Gasteiger partial charge is 0.251 e. The van der Waals surface area contributed by atoms with E-state index in [1.807, 2.05) is 31.2 Å². The highest BCUT2D eigenvalue weighted by molar-refractivity contribution is 5.94. The Balaban J connectivity index is 1.67. The van der Waals surface area contributed by atoms with Gasteiger partial charge in [-0.15, -0.1) is 0 Å². The number of benzene rings is 2. The summed E-state index contributed by atoms with van der Waals surface area (Å²) in [6, 6.07) is 13.3. The fourth-order valence-electron chi connectivity index (χ4n) is 2.61. The van der Waals surface area contributed by atoms with E-state index in [0.29, 0.717) is 0 Å². The summed E-state index contributed by atoms with van der Waals surface area (Å²) >= 11 is 0. The van der Waals surface area contributed by atoms with Crippen LogP contribution in [0, 0.1) is 12.7 Å². The number of amides is 1. The number of carbonyl (C=O) groups excluding carboxylic acids is 1. The number of aromatic nitrogens is 2. The molecule has 0 aliphatic rings. The fourth-order valence-corrected chi connectivity index (χ4v) is 2.61. The van der Waals surface area contributed by atoms with Crippen LogP contribution in [-0.4, -0.2) is 27.3 Å². The van der Waals surface area contributed by atoms with E-state index in [2.05, 4.69) is 10.4 Å². The molecule has 1 amide bonds. The van der Waals surface area contributed by atoms with Gasteiger partial charge in [-0.2, -0.15) is 5.10 Å². The lowest BCUT2D eigenvalue weighted by Crippen LogP contribution is -2.28. The van der Waals surface area contributed by atoms with Crippen molar-refractivity contribution in [1.82, 2.24) is 15.1 Å². The largest absolute Gasteiger partial charge is 0.387 e. The van der Waals surface area contributed by atoms with E-state index in [1.54, 1.807) is 18.5 Å². The molecule has 3 rings (SSSR count). The molecular formula is C19H18FN3O2. The number of aryl methyl sites for hydroxylation is 1. The zero-order chi connectivity index (χ0) is 17.8. The van der Waals surface area contributed by atoms with Crippen molar-refractivity contribution < 1.29 is 14.3 Å². The van der Waals surface area contributed by atoms with Crippen molar-refractivity contribution in [2.45, 2.75) is 13.0 Å². The third-order valence-electron chi connectivity index (χ3n) is 3.96. The zero-order valence-corrected chi connectivity index (χ0v) is 13.7. The van der Waals surface area contributed by atoms with E-state index >= 15 is 0 Å². The second-order valence-electron chi connectivity index (χ2n) is 5.70. The van der Waals surface area contributed by atoms with Gasteiger partial charge in [0.25, 0.3) is 5.91 Å². The van der Waals surface area contributed by atoms with Crippen LogP contribution < -0.4 is 5.32 Å². The molecule has 0 bridgehead atoms. The molecule has 1 unspecified atom stereocenters. The molecule has 1 atom stereocenters. The lowest BCUT2D eigenvalue weighted by molar-refractivity contribution is 0.0915. The molecule has 2 aromatic carbocycles. The molecule has 6 heteroatoms. The lowest BCUT2D eigenvalue weighted by atomic mass is 10.0. The monoisotopic (exact) mass is 339 g/mol. The van der Waals surface area contributed by atoms with Gasteiger partial charge in [0.05, 0.1) is 6.10 Å². The maximum atomic E-state index is 14.2. The molecule has 0 aliphatic carbocycles. The van der Waals surface area contributed by atoms with Gasteiger partial charge < -0.3 is 10.4 Å². The SMILES string of the molecule is Cc1ccccc1C(O)CNC(=O)c1ccc(-n2cccn2)c(F)c1. The Morgan fingerprint density at radius 2 is 2.08 bits per heavy atom. The summed E-state index contributed by atoms with van der Waals surface area (Å²) in [6.45, 7) is 1.94. The van der Waals surface area contributed by atoms with E-state index in [1.165, 1.54) is 16.8 Å². The molecule has 3 aromatic rings. The Morgan fingerprint density at radius 3 is 2.76 bits per heavy atom. The van der Waals surface area contributed by atoms with Crippen LogP contribution in [0.25, 0.3) is 5.69 Å². The van der Waals surface area contributed by atoms with Crippen LogP contribution in [0.4, 0.5) is 4.39 Å². The summed E-state index contributed by atoms with van der Waals surface area (Å²) in [5.74, 6) is -0.991. The Hall–Kier alpha value is -2.99. The van der Waals surface area contributed by atoms with E-state index in [-0.39, 0.29) is 17.8 Å². The summed E-state index contributed by atoms with van der Waals surface area (Å²) in [5, 5.41) is 16.8. The highest BCUT2D eigenvalue weighted by atomic mass is 19.1. The number of hydrogen-bond donors (Lipinski definition) is 2. The molecule has 0 fully saturated rings. The lowest BCUT2D eigenvalue weighted by Gasteiger charge is -2.14. The Bertz CT molecular complexity index is 878. The van der Waals surface area contributed by atoms with E-state index < -0.39 is 17.8 Å². The van der Waals surface area contributed by atoms with Crippen molar-refractivity contribution >= 4 is 5.91 Å². The van der Waals surface area contributed by atoms with Crippen LogP contribution in [0.3, 0.4) is 0 Å². The summed E-state index contributed by atoms with van der Waals surface area (Å²) in [6.07, 6.45) is 2.35. The predicted molar refractivity (Wildman–Crippen MR) is 92.0 cm³/mol. The van der Waals surface area contributed by atoms with E-state index in [4.69, 9.17) is 0 Å². The van der Waals surface area contributed by atoms with Crippen LogP contribution in [-0.2, 0) is 0 Å². The van der Waals surface area contributed by atoms with Crippen LogP contribution in [0.2, 0.25) is 0 Å². The first kappa shape index (κ1) is 16.9. The minimum atomic E-state index is -0.821. The van der Waals surface area contributed by atoms with Gasteiger partial charge in [0.1, 0.15) is 11.5 Å². The maximum absolute atomic E-state index is 14.2. The summed E-state index contributed by atoms with van der Waals surface area (Å²) in [5.41, 5.74) is 2.15. The van der Waals surface area contributed by atoms with Gasteiger partial charge in [-0.25, -0.2) is 9.07 Å². The van der Waals surface area contributed by atoms with Crippen molar-refractivity contribution in [1.29, 1.82) is 0 Å². The van der Waals surface area contributed by atoms with Gasteiger partial charge in [0, 0.05) is 24.5 Å². The molecule has 0 spiro atoms. The summed E-state index contributed by atoms with van der Waals surface area (Å²) in [4.78, 5) is 12.2. The van der Waals surface area contributed by atoms with Gasteiger partial charge in [0.2, 0.25) is 0 Å². The van der Waals surface area contributed by atoms with E-state index in [9.17, 15) is 14.3 Å². The number of nitrogens with zero attached hydrogens (tertiary/aromatic N) is 2. The van der Waals surface area contributed by atoms with Gasteiger partial charge in [-0.05, 0) is 42.3 Å². The molecular weight excluding hydrogens is 321 g/mol. The molecule has 5 nitrogen and oxygen atoms in total. The highest BCUT2D eigenvalue weighted by Crippen LogP contribution is 2.17. The second-order valence-corrected chi connectivity index (χ2v) is 5.70. The van der Waals surface area contributed by atoms with Crippen LogP contribution in [0.5, 0.6) is 0 Å². The van der Waals surface area contributed by atoms with Gasteiger partial charge in [-0.1, -0.05) is 24.3 Å². The number of rotatable bonds is 5. The third-order valence-corrected chi connectivity index (χ3v) is 3.96. The highest BCUT2D eigenvalue weighted by Gasteiger charge is 2.14. The van der Waals surface area contributed by atoms with Crippen molar-refractivity contribution in [3.8, 4) is 5.69 Å². The Morgan fingerprint density at radius 1 is 1.28 bits per heavy atom. The van der Waals surface area contributed by atoms with Crippen molar-refractivity contribution in [3.05, 3.63) is 83.4 Å². The third kappa shape index (κ3) is 3.75. The number of carbonyl (C=O) groups is 1. The summed E-state index contributed by atoms with van der Waals surface area (Å²) in [7, 11) is 0. The average Bonchev–Trinajstić information content (AvgIpc) is 3.14. The number of aliphatic hydroxyl groups is 1. The first-order valence-corrected chi connectivity index (χ1v) is 7.87. The molecule has 1 heterocycles. The molecule has 0 aliphatic heterocycles. The van der Waals surface area contributed by atoms with Crippen molar-refractivity contribution in [2.75, 3.05) is 6.54 Å². The van der Waals surface area contributed by atoms with E-state index in [0.717, 1.165) is 17.2 Å². The molecule has 0 saturated heterocycles. The minimum Gasteiger partial charge on any atom is -0.387 e. The van der Waals surface area contributed by atoms with Gasteiger partial charge in [-0.3, -0.25) is 4.79 Å². The van der Waals surface area contributed by atoms with Crippen molar-refractivity contribution in [2.24, 2.45) is 0 Å². The van der Waals surface area contributed by atoms with Gasteiger partial charge >= 0.3 is 0 Å². The first-order chi connectivity index (χ1) is 12.1. The Labute approximate surface area is 144 Å². The quantitative estimate of drug-likeness (QED) is 0.751. The second kappa shape index (κ2) is 7.27. The first-order valence-electron chi connectivity index (χ1n) is 7.87. The molecule has 0 saturated carbocycles. The van der Waals surface area contributed by atoms with Crippen LogP contribution in [0.1, 0.15) is 27.6 Å². The van der Waals surface area contributed by atoms with Crippen LogP contribution in [0.15, 0.2) is 60.9 Å². The normalized spacial score (nSPS) is 12.0. The van der Waals surface area contributed by atoms with Crippen LogP contribution >= 0.6 is 0 Å². The zero-order valence-electron chi connectivity index (χ0n) is 13.7. The maximum Gasteiger partial charge on any atom is 0.251 e. The average molecular weight is 339 g/mol. The fraction of sp³-hybridized carbons (Fsp3) is 0.158. The Kier molecular flexibility index (Phi) is 4.90. The topological polar surface area (TPSA) is 67.2 Å². The number of aliphatic hydroxyl groups excluding tert-OH is 1. The van der Waals surface area contributed by atoms with Crippen molar-refractivity contribution in [3.63, 3.8) is 0 Å². The molecule has 0 radical (unpaired) electrons. The standard InChI is InChI=1S/C19H18FN3O2/c1-13-5-2-3-6-15(13)18(24)12-21-19(25)14-7-8-17(16(20)11-14)23-10-4-9-22-23/h2-11,18,24H,12H2,1H3,(H,21,25). The number of hydrogen-bond acceptors (Lipinski definition) is 3. The van der Waals surface area contributed by atoms with Gasteiger partial charge in [0.15, 0.2) is 0 Å². The predicted octanol–water partition coefficient (Wildman–Crippen LogP) is 2.78. The molecule has 2 N–H and O–H groups in total. The number of halogens is 1. The molecule has 128 valence electrons.